The summed E-state index contributed by atoms with van der Waals surface area (Å²) >= 11 is 1.61. The van der Waals surface area contributed by atoms with Crippen molar-refractivity contribution in [2.45, 2.75) is 26.7 Å². The first-order chi connectivity index (χ1) is 8.72. The van der Waals surface area contributed by atoms with Crippen LogP contribution in [0.25, 0.3) is 0 Å². The van der Waals surface area contributed by atoms with Gasteiger partial charge in [0.15, 0.2) is 0 Å². The van der Waals surface area contributed by atoms with E-state index in [9.17, 15) is 4.79 Å². The Hall–Kier alpha value is -0.580. The lowest BCUT2D eigenvalue weighted by atomic mass is 9.96. The van der Waals surface area contributed by atoms with Crippen LogP contribution in [0.5, 0.6) is 0 Å². The highest BCUT2D eigenvalue weighted by atomic mass is 35.5. The molecule has 2 heterocycles. The zero-order valence-electron chi connectivity index (χ0n) is 11.6. The van der Waals surface area contributed by atoms with Crippen molar-refractivity contribution < 1.29 is 4.79 Å². The summed E-state index contributed by atoms with van der Waals surface area (Å²) in [6.07, 6.45) is 2.25. The van der Waals surface area contributed by atoms with Gasteiger partial charge in [0.05, 0.1) is 5.56 Å². The van der Waals surface area contributed by atoms with E-state index in [0.717, 1.165) is 56.1 Å². The average molecular weight is 303 g/mol. The third kappa shape index (κ3) is 4.20. The molecule has 3 nitrogen and oxygen atoms in total. The number of aryl methyl sites for hydroxylation is 1. The molecule has 19 heavy (non-hydrogen) atoms. The summed E-state index contributed by atoms with van der Waals surface area (Å²) in [5.41, 5.74) is 2.00. The Labute approximate surface area is 125 Å². The summed E-state index contributed by atoms with van der Waals surface area (Å²) in [5, 5.41) is 7.42. The third-order valence-electron chi connectivity index (χ3n) is 3.67. The second-order valence-electron chi connectivity index (χ2n) is 5.01. The van der Waals surface area contributed by atoms with Gasteiger partial charge in [0.25, 0.3) is 5.91 Å². The second kappa shape index (κ2) is 7.88. The molecule has 1 N–H and O–H groups in total. The Bertz CT molecular complexity index is 400. The lowest BCUT2D eigenvalue weighted by Crippen LogP contribution is -2.40. The number of rotatable bonds is 4. The van der Waals surface area contributed by atoms with Crippen LogP contribution in [-0.2, 0) is 0 Å². The molecule has 5 heteroatoms. The molecule has 2 rings (SSSR count). The monoisotopic (exact) mass is 302 g/mol. The maximum atomic E-state index is 12.3. The van der Waals surface area contributed by atoms with Gasteiger partial charge in [0.1, 0.15) is 0 Å². The standard InChI is InChI=1S/C14H22N2OS.ClH/c1-3-15-8-12-4-6-16(7-5-12)14(17)13-10-18-9-11(13)2;/h9-10,12,15H,3-8H2,1-2H3;1H. The number of piperidine rings is 1. The van der Waals surface area contributed by atoms with Crippen molar-refractivity contribution in [3.8, 4) is 0 Å². The fraction of sp³-hybridized carbons (Fsp3) is 0.643. The van der Waals surface area contributed by atoms with Gasteiger partial charge >= 0.3 is 0 Å². The van der Waals surface area contributed by atoms with Crippen LogP contribution in [0.1, 0.15) is 35.7 Å². The summed E-state index contributed by atoms with van der Waals surface area (Å²) in [7, 11) is 0. The molecular formula is C14H23ClN2OS. The number of amides is 1. The Morgan fingerprint density at radius 3 is 2.63 bits per heavy atom. The molecule has 0 spiro atoms. The summed E-state index contributed by atoms with van der Waals surface area (Å²) in [6, 6.07) is 0. The molecule has 0 bridgehead atoms. The topological polar surface area (TPSA) is 32.3 Å². The zero-order valence-corrected chi connectivity index (χ0v) is 13.3. The molecule has 1 aromatic heterocycles. The van der Waals surface area contributed by atoms with E-state index in [1.54, 1.807) is 11.3 Å². The van der Waals surface area contributed by atoms with Crippen LogP contribution in [0.15, 0.2) is 10.8 Å². The molecule has 0 aromatic carbocycles. The molecule has 1 fully saturated rings. The van der Waals surface area contributed by atoms with E-state index in [2.05, 4.69) is 12.2 Å². The Kier molecular flexibility index (Phi) is 6.83. The number of nitrogens with zero attached hydrogens (tertiary/aromatic N) is 1. The number of hydrogen-bond acceptors (Lipinski definition) is 3. The Balaban J connectivity index is 0.00000180. The third-order valence-corrected chi connectivity index (χ3v) is 4.53. The Morgan fingerprint density at radius 2 is 2.11 bits per heavy atom. The van der Waals surface area contributed by atoms with Crippen LogP contribution in [0.3, 0.4) is 0 Å². The van der Waals surface area contributed by atoms with Crippen LogP contribution < -0.4 is 5.32 Å². The van der Waals surface area contributed by atoms with Gasteiger partial charge in [-0.25, -0.2) is 0 Å². The highest BCUT2D eigenvalue weighted by Crippen LogP contribution is 2.21. The van der Waals surface area contributed by atoms with Gasteiger partial charge in [-0.2, -0.15) is 11.3 Å². The minimum atomic E-state index is 0. The molecule has 0 saturated carbocycles. The predicted molar refractivity (Wildman–Crippen MR) is 83.5 cm³/mol. The number of nitrogens with one attached hydrogen (secondary N) is 1. The number of likely N-dealkylation sites (tertiary alicyclic amines) is 1. The van der Waals surface area contributed by atoms with Crippen molar-refractivity contribution >= 4 is 29.7 Å². The quantitative estimate of drug-likeness (QED) is 0.927. The normalized spacial score (nSPS) is 16.2. The van der Waals surface area contributed by atoms with Crippen molar-refractivity contribution in [3.63, 3.8) is 0 Å². The summed E-state index contributed by atoms with van der Waals surface area (Å²) < 4.78 is 0. The van der Waals surface area contributed by atoms with Crippen molar-refractivity contribution in [3.05, 3.63) is 21.9 Å². The Morgan fingerprint density at radius 1 is 1.42 bits per heavy atom. The number of hydrogen-bond donors (Lipinski definition) is 1. The fourth-order valence-electron chi connectivity index (χ4n) is 2.44. The van der Waals surface area contributed by atoms with Gasteiger partial charge in [-0.05, 0) is 49.7 Å². The maximum absolute atomic E-state index is 12.3. The SMILES string of the molecule is CCNCC1CCN(C(=O)c2cscc2C)CC1.Cl. The number of carbonyl (C=O) groups is 1. The molecule has 1 aromatic rings. The van der Waals surface area contributed by atoms with E-state index in [1.807, 2.05) is 22.6 Å². The van der Waals surface area contributed by atoms with Crippen LogP contribution in [0, 0.1) is 12.8 Å². The number of halogens is 1. The molecule has 1 saturated heterocycles. The fourth-order valence-corrected chi connectivity index (χ4v) is 3.26. The second-order valence-corrected chi connectivity index (χ2v) is 5.76. The molecule has 1 aliphatic heterocycles. The van der Waals surface area contributed by atoms with E-state index in [4.69, 9.17) is 0 Å². The van der Waals surface area contributed by atoms with E-state index < -0.39 is 0 Å². The highest BCUT2D eigenvalue weighted by molar-refractivity contribution is 7.08. The van der Waals surface area contributed by atoms with Gasteiger partial charge in [0.2, 0.25) is 0 Å². The van der Waals surface area contributed by atoms with Crippen molar-refractivity contribution in [1.82, 2.24) is 10.2 Å². The van der Waals surface area contributed by atoms with Crippen LogP contribution >= 0.6 is 23.7 Å². The minimum Gasteiger partial charge on any atom is -0.339 e. The summed E-state index contributed by atoms with van der Waals surface area (Å²) in [6.45, 7) is 8.09. The lowest BCUT2D eigenvalue weighted by molar-refractivity contribution is 0.0690. The molecule has 108 valence electrons. The van der Waals surface area contributed by atoms with Gasteiger partial charge in [-0.15, -0.1) is 12.4 Å². The average Bonchev–Trinajstić information content (AvgIpc) is 2.82. The molecule has 0 unspecified atom stereocenters. The molecule has 0 atom stereocenters. The zero-order chi connectivity index (χ0) is 13.0. The largest absolute Gasteiger partial charge is 0.339 e. The first-order valence-electron chi connectivity index (χ1n) is 6.75. The van der Waals surface area contributed by atoms with Gasteiger partial charge in [-0.1, -0.05) is 6.92 Å². The first kappa shape index (κ1) is 16.5. The molecule has 1 amide bonds. The van der Waals surface area contributed by atoms with E-state index in [1.165, 1.54) is 0 Å². The van der Waals surface area contributed by atoms with Crippen molar-refractivity contribution in [2.75, 3.05) is 26.2 Å². The predicted octanol–water partition coefficient (Wildman–Crippen LogP) is 2.94. The molecular weight excluding hydrogens is 280 g/mol. The van der Waals surface area contributed by atoms with Gasteiger partial charge < -0.3 is 10.2 Å². The van der Waals surface area contributed by atoms with Gasteiger partial charge in [-0.3, -0.25) is 4.79 Å². The summed E-state index contributed by atoms with van der Waals surface area (Å²) in [4.78, 5) is 14.3. The number of thiophene rings is 1. The van der Waals surface area contributed by atoms with Crippen LogP contribution in [0.4, 0.5) is 0 Å². The minimum absolute atomic E-state index is 0. The van der Waals surface area contributed by atoms with Crippen molar-refractivity contribution in [2.24, 2.45) is 5.92 Å². The number of carbonyl (C=O) groups excluding carboxylic acids is 1. The molecule has 0 aliphatic carbocycles. The highest BCUT2D eigenvalue weighted by Gasteiger charge is 2.24. The smallest absolute Gasteiger partial charge is 0.254 e. The van der Waals surface area contributed by atoms with Crippen molar-refractivity contribution in [1.29, 1.82) is 0 Å². The molecule has 1 aliphatic rings. The van der Waals surface area contributed by atoms with Gasteiger partial charge in [0, 0.05) is 18.5 Å². The van der Waals surface area contributed by atoms with E-state index in [0.29, 0.717) is 0 Å². The maximum Gasteiger partial charge on any atom is 0.254 e. The van der Waals surface area contributed by atoms with E-state index >= 15 is 0 Å². The van der Waals surface area contributed by atoms with Crippen LogP contribution in [-0.4, -0.2) is 37.0 Å². The molecule has 0 radical (unpaired) electrons. The first-order valence-corrected chi connectivity index (χ1v) is 7.69. The van der Waals surface area contributed by atoms with Crippen LogP contribution in [0.2, 0.25) is 0 Å². The summed E-state index contributed by atoms with van der Waals surface area (Å²) in [5.74, 6) is 0.952. The van der Waals surface area contributed by atoms with E-state index in [-0.39, 0.29) is 18.3 Å². The lowest BCUT2D eigenvalue weighted by Gasteiger charge is -2.32.